The molecule has 3 rings (SSSR count). The zero-order valence-corrected chi connectivity index (χ0v) is 18.3. The summed E-state index contributed by atoms with van der Waals surface area (Å²) in [6.45, 7) is 9.76. The highest BCUT2D eigenvalue weighted by molar-refractivity contribution is 5.84. The maximum absolute atomic E-state index is 10.3. The second-order valence-corrected chi connectivity index (χ2v) is 8.18. The van der Waals surface area contributed by atoms with Crippen LogP contribution in [0.1, 0.15) is 46.2 Å². The molecule has 0 radical (unpaired) electrons. The first-order valence-corrected chi connectivity index (χ1v) is 9.93. The number of hydrogen-bond acceptors (Lipinski definition) is 8. The van der Waals surface area contributed by atoms with Crippen molar-refractivity contribution >= 4 is 22.9 Å². The van der Waals surface area contributed by atoms with Crippen LogP contribution in [0.25, 0.3) is 11.2 Å². The number of hydrogen-bond donors (Lipinski definition) is 4. The summed E-state index contributed by atoms with van der Waals surface area (Å²) < 4.78 is 7.21. The number of benzene rings is 1. The van der Waals surface area contributed by atoms with Crippen LogP contribution in [0.15, 0.2) is 24.5 Å². The van der Waals surface area contributed by atoms with Gasteiger partial charge in [0.2, 0.25) is 5.95 Å². The van der Waals surface area contributed by atoms with E-state index in [0.717, 1.165) is 0 Å². The van der Waals surface area contributed by atoms with Crippen LogP contribution in [0, 0.1) is 0 Å². The first-order chi connectivity index (χ1) is 14.1. The minimum atomic E-state index is -0.948. The monoisotopic (exact) mass is 414 g/mol. The highest BCUT2D eigenvalue weighted by Gasteiger charge is 2.24. The quantitative estimate of drug-likeness (QED) is 0.443. The minimum absolute atomic E-state index is 0.162. The van der Waals surface area contributed by atoms with Gasteiger partial charge in [-0.25, -0.2) is 4.98 Å². The molecular formula is C21H30N6O3. The molecule has 0 amide bonds. The van der Waals surface area contributed by atoms with Gasteiger partial charge in [0, 0.05) is 18.2 Å². The van der Waals surface area contributed by atoms with E-state index in [-0.39, 0.29) is 17.8 Å². The highest BCUT2D eigenvalue weighted by atomic mass is 16.5. The van der Waals surface area contributed by atoms with Crippen molar-refractivity contribution < 1.29 is 14.9 Å². The Bertz CT molecular complexity index is 1030. The molecule has 162 valence electrons. The molecule has 9 heteroatoms. The van der Waals surface area contributed by atoms with Crippen molar-refractivity contribution in [3.63, 3.8) is 0 Å². The number of nitrogens with zero attached hydrogens (tertiary/aromatic N) is 4. The number of anilines is 2. The van der Waals surface area contributed by atoms with Crippen LogP contribution in [-0.4, -0.2) is 48.5 Å². The van der Waals surface area contributed by atoms with Crippen LogP contribution >= 0.6 is 0 Å². The van der Waals surface area contributed by atoms with Crippen molar-refractivity contribution in [2.24, 2.45) is 0 Å². The molecule has 0 aliphatic rings. The molecule has 3 aromatic rings. The lowest BCUT2D eigenvalue weighted by atomic mass is 10.0. The predicted molar refractivity (Wildman–Crippen MR) is 117 cm³/mol. The smallest absolute Gasteiger partial charge is 0.227 e. The SMILES string of the molecule is COc1ccc(O)c(CNc2nc(NC(C)C(C)(C)O)nc3c2ncn3C(C)C)c1. The topological polar surface area (TPSA) is 117 Å². The van der Waals surface area contributed by atoms with Crippen LogP contribution in [0.5, 0.6) is 11.5 Å². The predicted octanol–water partition coefficient (Wildman–Crippen LogP) is 3.30. The summed E-state index contributed by atoms with van der Waals surface area (Å²) in [6.07, 6.45) is 1.74. The number of imidazole rings is 1. The zero-order valence-electron chi connectivity index (χ0n) is 18.3. The van der Waals surface area contributed by atoms with Gasteiger partial charge in [0.05, 0.1) is 25.1 Å². The molecule has 2 heterocycles. The molecule has 4 N–H and O–H groups in total. The van der Waals surface area contributed by atoms with Gasteiger partial charge >= 0.3 is 0 Å². The van der Waals surface area contributed by atoms with Gasteiger partial charge < -0.3 is 30.2 Å². The average molecular weight is 415 g/mol. The lowest BCUT2D eigenvalue weighted by molar-refractivity contribution is 0.0646. The van der Waals surface area contributed by atoms with Gasteiger partial charge in [-0.2, -0.15) is 9.97 Å². The third-order valence-electron chi connectivity index (χ3n) is 5.12. The van der Waals surface area contributed by atoms with E-state index in [1.165, 1.54) is 0 Å². The van der Waals surface area contributed by atoms with Gasteiger partial charge in [0.1, 0.15) is 11.5 Å². The summed E-state index contributed by atoms with van der Waals surface area (Å²) in [5.74, 6) is 1.74. The van der Waals surface area contributed by atoms with Gasteiger partial charge in [-0.15, -0.1) is 0 Å². The fraction of sp³-hybridized carbons (Fsp3) is 0.476. The Balaban J connectivity index is 1.98. The van der Waals surface area contributed by atoms with E-state index in [1.807, 2.05) is 11.5 Å². The molecule has 0 saturated heterocycles. The molecule has 2 aromatic heterocycles. The van der Waals surface area contributed by atoms with Gasteiger partial charge in [-0.3, -0.25) is 0 Å². The molecule has 0 bridgehead atoms. The Hall–Kier alpha value is -3.07. The van der Waals surface area contributed by atoms with Crippen LogP contribution in [0.4, 0.5) is 11.8 Å². The number of aliphatic hydroxyl groups is 1. The molecule has 1 atom stereocenters. The number of methoxy groups -OCH3 is 1. The Kier molecular flexibility index (Phi) is 6.02. The first kappa shape index (κ1) is 21.6. The van der Waals surface area contributed by atoms with Crippen LogP contribution < -0.4 is 15.4 Å². The largest absolute Gasteiger partial charge is 0.508 e. The summed E-state index contributed by atoms with van der Waals surface area (Å²) in [5.41, 5.74) is 1.04. The summed E-state index contributed by atoms with van der Waals surface area (Å²) in [6, 6.07) is 4.95. The number of phenolic OH excluding ortho intramolecular Hbond substituents is 1. The number of ether oxygens (including phenoxy) is 1. The normalized spacial score (nSPS) is 12.9. The standard InChI is InChI=1S/C21H30N6O3/c1-12(2)27-11-23-17-18(22-10-14-9-15(30-6)7-8-16(14)28)25-20(26-19(17)27)24-13(3)21(4,5)29/h7-9,11-13,28-29H,10H2,1-6H3,(H2,22,24,25,26). The molecule has 0 saturated carbocycles. The van der Waals surface area contributed by atoms with Crippen molar-refractivity contribution in [2.45, 2.75) is 58.8 Å². The maximum atomic E-state index is 10.3. The molecule has 1 unspecified atom stereocenters. The van der Waals surface area contributed by atoms with Crippen molar-refractivity contribution in [3.8, 4) is 11.5 Å². The molecule has 1 aromatic carbocycles. The van der Waals surface area contributed by atoms with E-state index in [4.69, 9.17) is 4.74 Å². The second kappa shape index (κ2) is 8.35. The van der Waals surface area contributed by atoms with E-state index in [2.05, 4.69) is 39.4 Å². The van der Waals surface area contributed by atoms with E-state index < -0.39 is 5.60 Å². The van der Waals surface area contributed by atoms with Crippen LogP contribution in [-0.2, 0) is 6.54 Å². The number of aromatic nitrogens is 4. The van der Waals surface area contributed by atoms with Crippen LogP contribution in [0.2, 0.25) is 0 Å². The average Bonchev–Trinajstić information content (AvgIpc) is 3.10. The van der Waals surface area contributed by atoms with Gasteiger partial charge in [-0.05, 0) is 52.8 Å². The maximum Gasteiger partial charge on any atom is 0.227 e. The Labute approximate surface area is 176 Å². The summed E-state index contributed by atoms with van der Waals surface area (Å²) in [7, 11) is 1.58. The Morgan fingerprint density at radius 3 is 2.57 bits per heavy atom. The van der Waals surface area contributed by atoms with Gasteiger partial charge in [-0.1, -0.05) is 0 Å². The van der Waals surface area contributed by atoms with Crippen LogP contribution in [0.3, 0.4) is 0 Å². The molecule has 0 fully saturated rings. The number of nitrogens with one attached hydrogen (secondary N) is 2. The third kappa shape index (κ3) is 4.56. The summed E-state index contributed by atoms with van der Waals surface area (Å²) in [4.78, 5) is 13.7. The fourth-order valence-electron chi connectivity index (χ4n) is 2.86. The number of rotatable bonds is 8. The van der Waals surface area contributed by atoms with Gasteiger partial charge in [0.15, 0.2) is 17.0 Å². The molecule has 9 nitrogen and oxygen atoms in total. The minimum Gasteiger partial charge on any atom is -0.508 e. The lowest BCUT2D eigenvalue weighted by Crippen LogP contribution is -2.39. The van der Waals surface area contributed by atoms with E-state index >= 15 is 0 Å². The highest BCUT2D eigenvalue weighted by Crippen LogP contribution is 2.27. The first-order valence-electron chi connectivity index (χ1n) is 9.93. The zero-order chi connectivity index (χ0) is 22.1. The Morgan fingerprint density at radius 2 is 1.93 bits per heavy atom. The van der Waals surface area contributed by atoms with Crippen molar-refractivity contribution in [3.05, 3.63) is 30.1 Å². The van der Waals surface area contributed by atoms with E-state index in [0.29, 0.717) is 40.8 Å². The molecule has 0 spiro atoms. The third-order valence-corrected chi connectivity index (χ3v) is 5.12. The molecular weight excluding hydrogens is 384 g/mol. The number of phenols is 1. The van der Waals surface area contributed by atoms with Gasteiger partial charge in [0.25, 0.3) is 0 Å². The second-order valence-electron chi connectivity index (χ2n) is 8.18. The molecule has 0 aliphatic heterocycles. The van der Waals surface area contributed by atoms with E-state index in [9.17, 15) is 10.2 Å². The molecule has 30 heavy (non-hydrogen) atoms. The molecule has 0 aliphatic carbocycles. The van der Waals surface area contributed by atoms with Crippen molar-refractivity contribution in [1.82, 2.24) is 19.5 Å². The summed E-state index contributed by atoms with van der Waals surface area (Å²) >= 11 is 0. The van der Waals surface area contributed by atoms with Crippen molar-refractivity contribution in [1.29, 1.82) is 0 Å². The number of aromatic hydroxyl groups is 1. The number of fused-ring (bicyclic) bond motifs is 1. The van der Waals surface area contributed by atoms with Crippen molar-refractivity contribution in [2.75, 3.05) is 17.7 Å². The van der Waals surface area contributed by atoms with E-state index in [1.54, 1.807) is 45.5 Å². The fourth-order valence-corrected chi connectivity index (χ4v) is 2.86. The lowest BCUT2D eigenvalue weighted by Gasteiger charge is -2.26. The summed E-state index contributed by atoms with van der Waals surface area (Å²) in [5, 5.41) is 26.9. The Morgan fingerprint density at radius 1 is 1.20 bits per heavy atom.